The zero-order valence-electron chi connectivity index (χ0n) is 12.7. The molecule has 1 atom stereocenters. The summed E-state index contributed by atoms with van der Waals surface area (Å²) >= 11 is 1.81. The summed E-state index contributed by atoms with van der Waals surface area (Å²) in [5.74, 6) is 3.75. The summed E-state index contributed by atoms with van der Waals surface area (Å²) in [7, 11) is -3.13. The zero-order chi connectivity index (χ0) is 15.3. The van der Waals surface area contributed by atoms with E-state index in [2.05, 4.69) is 5.32 Å². The second-order valence-electron chi connectivity index (χ2n) is 5.16. The molecule has 1 aromatic heterocycles. The van der Waals surface area contributed by atoms with Crippen LogP contribution in [0.2, 0.25) is 0 Å². The van der Waals surface area contributed by atoms with Crippen molar-refractivity contribution in [1.29, 1.82) is 0 Å². The van der Waals surface area contributed by atoms with Gasteiger partial charge in [-0.1, -0.05) is 6.92 Å². The summed E-state index contributed by atoms with van der Waals surface area (Å²) in [6.07, 6.45) is 0.869. The van der Waals surface area contributed by atoms with Gasteiger partial charge in [-0.25, -0.2) is 12.7 Å². The Bertz CT molecular complexity index is 536. The number of nitrogens with one attached hydrogen (secondary N) is 1. The molecule has 2 heterocycles. The lowest BCUT2D eigenvalue weighted by atomic mass is 10.2. The molecule has 5 nitrogen and oxygen atoms in total. The molecule has 21 heavy (non-hydrogen) atoms. The minimum absolute atomic E-state index is 0.0254. The van der Waals surface area contributed by atoms with Crippen molar-refractivity contribution >= 4 is 21.8 Å². The van der Waals surface area contributed by atoms with E-state index in [4.69, 9.17) is 4.42 Å². The molecule has 0 unspecified atom stereocenters. The second kappa shape index (κ2) is 7.67. The number of rotatable bonds is 7. The molecule has 0 spiro atoms. The van der Waals surface area contributed by atoms with E-state index in [0.29, 0.717) is 19.6 Å². The molecule has 0 bridgehead atoms. The first-order valence-corrected chi connectivity index (χ1v) is 10.2. The van der Waals surface area contributed by atoms with Gasteiger partial charge in [0.05, 0.1) is 11.8 Å². The van der Waals surface area contributed by atoms with Crippen molar-refractivity contribution in [3.8, 4) is 0 Å². The minimum Gasteiger partial charge on any atom is -0.464 e. The maximum absolute atomic E-state index is 12.2. The third kappa shape index (κ3) is 4.74. The molecule has 1 saturated heterocycles. The third-order valence-corrected chi connectivity index (χ3v) is 6.45. The highest BCUT2D eigenvalue weighted by Crippen LogP contribution is 2.17. The summed E-state index contributed by atoms with van der Waals surface area (Å²) in [6.45, 7) is 5.75. The summed E-state index contributed by atoms with van der Waals surface area (Å²) in [5, 5.41) is 3.23. The Morgan fingerprint density at radius 1 is 1.38 bits per heavy atom. The van der Waals surface area contributed by atoms with E-state index in [0.717, 1.165) is 29.4 Å². The first-order valence-electron chi connectivity index (χ1n) is 7.40. The minimum atomic E-state index is -3.13. The van der Waals surface area contributed by atoms with Crippen LogP contribution in [0.1, 0.15) is 31.4 Å². The average Bonchev–Trinajstić information content (AvgIpc) is 2.97. The number of hydrogen-bond acceptors (Lipinski definition) is 5. The molecule has 0 amide bonds. The van der Waals surface area contributed by atoms with Gasteiger partial charge in [0.1, 0.15) is 11.5 Å². The molecule has 7 heteroatoms. The van der Waals surface area contributed by atoms with Gasteiger partial charge in [-0.05, 0) is 19.1 Å². The lowest BCUT2D eigenvalue weighted by Crippen LogP contribution is -2.41. The highest BCUT2D eigenvalue weighted by atomic mass is 32.2. The molecule has 1 N–H and O–H groups in total. The van der Waals surface area contributed by atoms with Crippen molar-refractivity contribution in [3.05, 3.63) is 23.7 Å². The van der Waals surface area contributed by atoms with Crippen molar-refractivity contribution in [2.45, 2.75) is 26.3 Å². The van der Waals surface area contributed by atoms with Crippen LogP contribution in [-0.4, -0.2) is 49.6 Å². The van der Waals surface area contributed by atoms with Gasteiger partial charge in [0.25, 0.3) is 0 Å². The topological polar surface area (TPSA) is 62.6 Å². The molecule has 0 radical (unpaired) electrons. The lowest BCUT2D eigenvalue weighted by Gasteiger charge is -2.25. The molecule has 120 valence electrons. The Kier molecular flexibility index (Phi) is 6.16. The van der Waals surface area contributed by atoms with Gasteiger partial charge in [-0.15, -0.1) is 0 Å². The first kappa shape index (κ1) is 16.9. The number of aryl methyl sites for hydroxylation is 1. The van der Waals surface area contributed by atoms with Crippen LogP contribution in [0, 0.1) is 0 Å². The molecule has 1 fully saturated rings. The normalized spacial score (nSPS) is 18.8. The molecule has 0 aromatic carbocycles. The van der Waals surface area contributed by atoms with Gasteiger partial charge in [-0.2, -0.15) is 11.8 Å². The third-order valence-electron chi connectivity index (χ3n) is 3.63. The number of hydrogen-bond donors (Lipinski definition) is 1. The predicted molar refractivity (Wildman–Crippen MR) is 87.2 cm³/mol. The number of sulfonamides is 1. The van der Waals surface area contributed by atoms with E-state index < -0.39 is 10.0 Å². The Labute approximate surface area is 131 Å². The predicted octanol–water partition coefficient (Wildman–Crippen LogP) is 1.87. The fraction of sp³-hybridized carbons (Fsp3) is 0.714. The number of furan rings is 1. The Balaban J connectivity index is 1.80. The zero-order valence-corrected chi connectivity index (χ0v) is 14.3. The maximum atomic E-state index is 12.2. The second-order valence-corrected chi connectivity index (χ2v) is 8.47. The van der Waals surface area contributed by atoms with Crippen LogP contribution in [-0.2, 0) is 16.4 Å². The maximum Gasteiger partial charge on any atom is 0.215 e. The SMILES string of the molecule is CCc1ccc([C@H](C)NCCS(=O)(=O)N2CCSCC2)o1. The summed E-state index contributed by atoms with van der Waals surface area (Å²) in [4.78, 5) is 0. The van der Waals surface area contributed by atoms with E-state index >= 15 is 0 Å². The van der Waals surface area contributed by atoms with Gasteiger partial charge in [0, 0.05) is 37.6 Å². The van der Waals surface area contributed by atoms with Crippen molar-refractivity contribution in [2.75, 3.05) is 36.9 Å². The summed E-state index contributed by atoms with van der Waals surface area (Å²) in [6, 6.07) is 3.94. The Morgan fingerprint density at radius 3 is 2.71 bits per heavy atom. The van der Waals surface area contributed by atoms with Crippen LogP contribution in [0.15, 0.2) is 16.5 Å². The smallest absolute Gasteiger partial charge is 0.215 e. The highest BCUT2D eigenvalue weighted by Gasteiger charge is 2.23. The lowest BCUT2D eigenvalue weighted by molar-refractivity contribution is 0.409. The molecular weight excluding hydrogens is 308 g/mol. The van der Waals surface area contributed by atoms with E-state index in [1.54, 1.807) is 4.31 Å². The number of nitrogens with zero attached hydrogens (tertiary/aromatic N) is 1. The van der Waals surface area contributed by atoms with Gasteiger partial charge < -0.3 is 9.73 Å². The summed E-state index contributed by atoms with van der Waals surface area (Å²) in [5.41, 5.74) is 0. The Hall–Kier alpha value is -0.500. The van der Waals surface area contributed by atoms with Crippen LogP contribution < -0.4 is 5.32 Å². The highest BCUT2D eigenvalue weighted by molar-refractivity contribution is 7.99. The van der Waals surface area contributed by atoms with Crippen LogP contribution in [0.3, 0.4) is 0 Å². The molecular formula is C14H24N2O3S2. The van der Waals surface area contributed by atoms with Crippen LogP contribution >= 0.6 is 11.8 Å². The van der Waals surface area contributed by atoms with Gasteiger partial charge in [0.15, 0.2) is 0 Å². The van der Waals surface area contributed by atoms with Crippen molar-refractivity contribution < 1.29 is 12.8 Å². The van der Waals surface area contributed by atoms with E-state index in [9.17, 15) is 8.42 Å². The van der Waals surface area contributed by atoms with Crippen molar-refractivity contribution in [2.24, 2.45) is 0 Å². The average molecular weight is 332 g/mol. The van der Waals surface area contributed by atoms with Crippen LogP contribution in [0.25, 0.3) is 0 Å². The molecule has 0 aliphatic carbocycles. The van der Waals surface area contributed by atoms with Crippen LogP contribution in [0.4, 0.5) is 0 Å². The monoisotopic (exact) mass is 332 g/mol. The Morgan fingerprint density at radius 2 is 2.10 bits per heavy atom. The molecule has 0 saturated carbocycles. The van der Waals surface area contributed by atoms with Gasteiger partial charge in [-0.3, -0.25) is 0 Å². The van der Waals surface area contributed by atoms with Crippen LogP contribution in [0.5, 0.6) is 0 Å². The number of thioether (sulfide) groups is 1. The van der Waals surface area contributed by atoms with E-state index in [1.165, 1.54) is 0 Å². The van der Waals surface area contributed by atoms with E-state index in [1.807, 2.05) is 37.7 Å². The summed E-state index contributed by atoms with van der Waals surface area (Å²) < 4.78 is 31.7. The van der Waals surface area contributed by atoms with Gasteiger partial charge >= 0.3 is 0 Å². The van der Waals surface area contributed by atoms with Crippen molar-refractivity contribution in [1.82, 2.24) is 9.62 Å². The standard InChI is InChI=1S/C14H24N2O3S2/c1-3-13-4-5-14(19-13)12(2)15-6-11-21(17,18)16-7-9-20-10-8-16/h4-5,12,15H,3,6-11H2,1-2H3/t12-/m0/s1. The fourth-order valence-electron chi connectivity index (χ4n) is 2.28. The molecule has 1 aliphatic rings. The molecule has 1 aliphatic heterocycles. The van der Waals surface area contributed by atoms with Gasteiger partial charge in [0.2, 0.25) is 10.0 Å². The first-order chi connectivity index (χ1) is 10.0. The largest absolute Gasteiger partial charge is 0.464 e. The van der Waals surface area contributed by atoms with E-state index in [-0.39, 0.29) is 11.8 Å². The molecule has 1 aromatic rings. The fourth-order valence-corrected chi connectivity index (χ4v) is 4.78. The van der Waals surface area contributed by atoms with Crippen molar-refractivity contribution in [3.63, 3.8) is 0 Å². The quantitative estimate of drug-likeness (QED) is 0.826. The molecule has 2 rings (SSSR count).